The number of nitrogens with one attached hydrogen (secondary N) is 2. The molecular formula is C8H18N2O2S2. The van der Waals surface area contributed by atoms with Crippen LogP contribution in [0.2, 0.25) is 0 Å². The molecule has 0 bridgehead atoms. The molecule has 1 rings (SSSR count). The number of rotatable bonds is 5. The van der Waals surface area contributed by atoms with E-state index in [9.17, 15) is 8.42 Å². The third-order valence-electron chi connectivity index (χ3n) is 2.33. The van der Waals surface area contributed by atoms with Crippen molar-refractivity contribution in [1.82, 2.24) is 10.0 Å². The minimum Gasteiger partial charge on any atom is -0.317 e. The van der Waals surface area contributed by atoms with Crippen molar-refractivity contribution in [3.8, 4) is 0 Å². The van der Waals surface area contributed by atoms with Gasteiger partial charge in [-0.3, -0.25) is 0 Å². The zero-order valence-corrected chi connectivity index (χ0v) is 10.1. The van der Waals surface area contributed by atoms with Crippen molar-refractivity contribution in [1.29, 1.82) is 0 Å². The lowest BCUT2D eigenvalue weighted by Gasteiger charge is -2.22. The van der Waals surface area contributed by atoms with Crippen LogP contribution in [-0.4, -0.2) is 45.3 Å². The second-order valence-electron chi connectivity index (χ2n) is 3.38. The summed E-state index contributed by atoms with van der Waals surface area (Å²) in [5, 5.41) is 2.97. The molecule has 1 aliphatic heterocycles. The minimum absolute atomic E-state index is 0.189. The molecule has 6 heteroatoms. The highest BCUT2D eigenvalue weighted by Gasteiger charge is 2.26. The van der Waals surface area contributed by atoms with Crippen LogP contribution in [0.15, 0.2) is 0 Å². The van der Waals surface area contributed by atoms with E-state index in [0.29, 0.717) is 6.54 Å². The second-order valence-corrected chi connectivity index (χ2v) is 6.41. The van der Waals surface area contributed by atoms with Gasteiger partial charge in [0.15, 0.2) is 0 Å². The quantitative estimate of drug-likeness (QED) is 0.663. The van der Waals surface area contributed by atoms with Crippen LogP contribution in [0.5, 0.6) is 0 Å². The number of thioether (sulfide) groups is 1. The van der Waals surface area contributed by atoms with E-state index in [0.717, 1.165) is 31.7 Å². The van der Waals surface area contributed by atoms with Crippen molar-refractivity contribution >= 4 is 21.8 Å². The Morgan fingerprint density at radius 3 is 2.64 bits per heavy atom. The van der Waals surface area contributed by atoms with Crippen molar-refractivity contribution < 1.29 is 8.42 Å². The Kier molecular flexibility index (Phi) is 5.22. The van der Waals surface area contributed by atoms with E-state index in [-0.39, 0.29) is 5.25 Å². The predicted octanol–water partition coefficient (Wildman–Crippen LogP) is 0.0208. The van der Waals surface area contributed by atoms with Crippen LogP contribution in [0.3, 0.4) is 0 Å². The lowest BCUT2D eigenvalue weighted by Crippen LogP contribution is -2.42. The highest BCUT2D eigenvalue weighted by Crippen LogP contribution is 2.11. The molecule has 0 amide bonds. The average Bonchev–Trinajstić information content (AvgIpc) is 2.19. The fourth-order valence-electron chi connectivity index (χ4n) is 1.51. The number of hydrogen-bond acceptors (Lipinski definition) is 4. The Labute approximate surface area is 90.3 Å². The molecule has 84 valence electrons. The first kappa shape index (κ1) is 12.3. The molecule has 0 aromatic heterocycles. The first-order chi connectivity index (χ1) is 6.67. The molecule has 0 saturated carbocycles. The molecule has 2 N–H and O–H groups in total. The fraction of sp³-hybridized carbons (Fsp3) is 1.00. The van der Waals surface area contributed by atoms with Crippen molar-refractivity contribution in [3.63, 3.8) is 0 Å². The van der Waals surface area contributed by atoms with Gasteiger partial charge in [-0.2, -0.15) is 11.8 Å². The summed E-state index contributed by atoms with van der Waals surface area (Å²) in [7, 11) is -3.06. The first-order valence-corrected chi connectivity index (χ1v) is 7.79. The Bertz CT molecular complexity index is 248. The highest BCUT2D eigenvalue weighted by molar-refractivity contribution is 7.98. The average molecular weight is 238 g/mol. The molecule has 0 radical (unpaired) electrons. The maximum atomic E-state index is 11.7. The normalized spacial score (nSPS) is 19.8. The molecule has 0 aromatic rings. The summed E-state index contributed by atoms with van der Waals surface area (Å²) < 4.78 is 26.1. The Hall–Kier alpha value is 0.220. The molecule has 0 aliphatic carbocycles. The summed E-state index contributed by atoms with van der Waals surface area (Å²) in [5.74, 6) is 0.838. The molecule has 1 heterocycles. The molecule has 0 aromatic carbocycles. The molecule has 1 aliphatic rings. The molecule has 0 atom stereocenters. The zero-order valence-electron chi connectivity index (χ0n) is 8.45. The Balaban J connectivity index is 2.38. The van der Waals surface area contributed by atoms with Gasteiger partial charge in [0.25, 0.3) is 0 Å². The standard InChI is InChI=1S/C8H18N2O2S2/c1-13-7-6-10-14(11,12)8-2-4-9-5-3-8/h8-10H,2-7H2,1H3. The molecule has 0 spiro atoms. The van der Waals surface area contributed by atoms with Crippen LogP contribution in [0.25, 0.3) is 0 Å². The van der Waals surface area contributed by atoms with E-state index in [1.54, 1.807) is 11.8 Å². The summed E-state index contributed by atoms with van der Waals surface area (Å²) in [6.07, 6.45) is 3.43. The maximum Gasteiger partial charge on any atom is 0.214 e. The predicted molar refractivity (Wildman–Crippen MR) is 61.2 cm³/mol. The van der Waals surface area contributed by atoms with E-state index in [1.807, 2.05) is 6.26 Å². The van der Waals surface area contributed by atoms with Crippen LogP contribution in [0.1, 0.15) is 12.8 Å². The van der Waals surface area contributed by atoms with E-state index in [4.69, 9.17) is 0 Å². The minimum atomic E-state index is -3.06. The smallest absolute Gasteiger partial charge is 0.214 e. The number of piperidine rings is 1. The van der Waals surface area contributed by atoms with Gasteiger partial charge in [0.05, 0.1) is 5.25 Å². The third kappa shape index (κ3) is 3.76. The summed E-state index contributed by atoms with van der Waals surface area (Å²) in [6, 6.07) is 0. The lowest BCUT2D eigenvalue weighted by molar-refractivity contribution is 0.490. The summed E-state index contributed by atoms with van der Waals surface area (Å²) in [4.78, 5) is 0. The van der Waals surface area contributed by atoms with Gasteiger partial charge in [-0.1, -0.05) is 0 Å². The van der Waals surface area contributed by atoms with Crippen LogP contribution in [0, 0.1) is 0 Å². The Morgan fingerprint density at radius 2 is 2.07 bits per heavy atom. The van der Waals surface area contributed by atoms with Gasteiger partial charge < -0.3 is 5.32 Å². The maximum absolute atomic E-state index is 11.7. The van der Waals surface area contributed by atoms with Crippen LogP contribution >= 0.6 is 11.8 Å². The van der Waals surface area contributed by atoms with Gasteiger partial charge in [0.2, 0.25) is 10.0 Å². The topological polar surface area (TPSA) is 58.2 Å². The van der Waals surface area contributed by atoms with Crippen molar-refractivity contribution in [3.05, 3.63) is 0 Å². The third-order valence-corrected chi connectivity index (χ3v) is 4.90. The van der Waals surface area contributed by atoms with Crippen molar-refractivity contribution in [2.24, 2.45) is 0 Å². The SMILES string of the molecule is CSCCNS(=O)(=O)C1CCNCC1. The fourth-order valence-corrected chi connectivity index (χ4v) is 3.42. The summed E-state index contributed by atoms with van der Waals surface area (Å²) >= 11 is 1.65. The van der Waals surface area contributed by atoms with Crippen LogP contribution in [0.4, 0.5) is 0 Å². The van der Waals surface area contributed by atoms with Crippen LogP contribution < -0.4 is 10.0 Å². The van der Waals surface area contributed by atoms with Gasteiger partial charge in [-0.25, -0.2) is 13.1 Å². The van der Waals surface area contributed by atoms with Gasteiger partial charge in [-0.05, 0) is 32.2 Å². The van der Waals surface area contributed by atoms with Gasteiger partial charge in [0, 0.05) is 12.3 Å². The first-order valence-electron chi connectivity index (χ1n) is 4.85. The molecule has 14 heavy (non-hydrogen) atoms. The van der Waals surface area contributed by atoms with E-state index >= 15 is 0 Å². The molecule has 1 saturated heterocycles. The summed E-state index contributed by atoms with van der Waals surface area (Å²) in [5.41, 5.74) is 0. The van der Waals surface area contributed by atoms with Crippen molar-refractivity contribution in [2.45, 2.75) is 18.1 Å². The second kappa shape index (κ2) is 5.95. The van der Waals surface area contributed by atoms with Gasteiger partial charge in [-0.15, -0.1) is 0 Å². The van der Waals surface area contributed by atoms with Crippen molar-refractivity contribution in [2.75, 3.05) is 31.6 Å². The Morgan fingerprint density at radius 1 is 1.43 bits per heavy atom. The lowest BCUT2D eigenvalue weighted by atomic mass is 10.2. The molecular weight excluding hydrogens is 220 g/mol. The van der Waals surface area contributed by atoms with Gasteiger partial charge in [0.1, 0.15) is 0 Å². The summed E-state index contributed by atoms with van der Waals surface area (Å²) in [6.45, 7) is 2.18. The molecule has 0 unspecified atom stereocenters. The number of hydrogen-bond donors (Lipinski definition) is 2. The van der Waals surface area contributed by atoms with E-state index in [1.165, 1.54) is 0 Å². The monoisotopic (exact) mass is 238 g/mol. The van der Waals surface area contributed by atoms with Crippen LogP contribution in [-0.2, 0) is 10.0 Å². The van der Waals surface area contributed by atoms with Gasteiger partial charge >= 0.3 is 0 Å². The van der Waals surface area contributed by atoms with E-state index in [2.05, 4.69) is 10.0 Å². The van der Waals surface area contributed by atoms with E-state index < -0.39 is 10.0 Å². The molecule has 1 fully saturated rings. The molecule has 4 nitrogen and oxygen atoms in total. The zero-order chi connectivity index (χ0) is 10.4. The number of sulfonamides is 1. The highest BCUT2D eigenvalue weighted by atomic mass is 32.2. The largest absolute Gasteiger partial charge is 0.317 e.